The molecule has 0 saturated heterocycles. The molecule has 0 spiro atoms. The number of amides is 1. The van der Waals surface area contributed by atoms with Crippen LogP contribution in [-0.4, -0.2) is 20.7 Å². The van der Waals surface area contributed by atoms with E-state index in [-0.39, 0.29) is 5.91 Å². The molecule has 1 saturated carbocycles. The first kappa shape index (κ1) is 15.8. The first-order valence-corrected chi connectivity index (χ1v) is 10.1. The second-order valence-electron chi connectivity index (χ2n) is 6.56. The van der Waals surface area contributed by atoms with Crippen molar-refractivity contribution in [1.82, 2.24) is 14.8 Å². The normalized spacial score (nSPS) is 15.6. The van der Waals surface area contributed by atoms with Crippen molar-refractivity contribution < 1.29 is 4.79 Å². The minimum absolute atomic E-state index is 0.0863. The van der Waals surface area contributed by atoms with Crippen LogP contribution in [0.25, 0.3) is 10.2 Å². The van der Waals surface area contributed by atoms with Crippen molar-refractivity contribution in [3.63, 3.8) is 0 Å². The van der Waals surface area contributed by atoms with Gasteiger partial charge in [0, 0.05) is 12.0 Å². The van der Waals surface area contributed by atoms with E-state index < -0.39 is 0 Å². The van der Waals surface area contributed by atoms with Crippen molar-refractivity contribution in [2.75, 3.05) is 5.32 Å². The standard InChI is InChI=1S/C17H20N4OS2/c1-10(2)16-19-20-17(24-16)18-15(22)13-9-14-12(7-8-23-14)21(13)11-5-3-4-6-11/h7-11H,3-6H2,1-2H3,(H,18,20,22). The smallest absolute Gasteiger partial charge is 0.274 e. The van der Waals surface area contributed by atoms with E-state index in [1.807, 2.05) is 6.07 Å². The summed E-state index contributed by atoms with van der Waals surface area (Å²) in [4.78, 5) is 12.8. The van der Waals surface area contributed by atoms with Gasteiger partial charge in [0.15, 0.2) is 0 Å². The second kappa shape index (κ2) is 6.29. The number of anilines is 1. The third-order valence-electron chi connectivity index (χ3n) is 4.54. The first-order valence-electron chi connectivity index (χ1n) is 8.36. The lowest BCUT2D eigenvalue weighted by atomic mass is 10.2. The van der Waals surface area contributed by atoms with Crippen molar-refractivity contribution >= 4 is 43.9 Å². The van der Waals surface area contributed by atoms with E-state index in [1.165, 1.54) is 34.4 Å². The van der Waals surface area contributed by atoms with Crippen molar-refractivity contribution in [3.05, 3.63) is 28.2 Å². The molecule has 1 aliphatic carbocycles. The quantitative estimate of drug-likeness (QED) is 0.708. The molecule has 0 aromatic carbocycles. The maximum atomic E-state index is 12.8. The minimum Gasteiger partial charge on any atom is -0.333 e. The number of hydrogen-bond donors (Lipinski definition) is 1. The average molecular weight is 361 g/mol. The summed E-state index contributed by atoms with van der Waals surface area (Å²) in [7, 11) is 0. The Labute approximate surface area is 148 Å². The minimum atomic E-state index is -0.0863. The van der Waals surface area contributed by atoms with Crippen LogP contribution in [0, 0.1) is 0 Å². The van der Waals surface area contributed by atoms with Crippen LogP contribution in [-0.2, 0) is 0 Å². The molecule has 1 amide bonds. The van der Waals surface area contributed by atoms with Crippen LogP contribution >= 0.6 is 22.7 Å². The fraction of sp³-hybridized carbons (Fsp3) is 0.471. The Kier molecular flexibility index (Phi) is 4.14. The number of thiophene rings is 1. The number of nitrogens with one attached hydrogen (secondary N) is 1. The number of carbonyl (C=O) groups is 1. The Morgan fingerprint density at radius 2 is 2.12 bits per heavy atom. The van der Waals surface area contributed by atoms with Crippen molar-refractivity contribution in [1.29, 1.82) is 0 Å². The van der Waals surface area contributed by atoms with E-state index in [0.717, 1.165) is 23.5 Å². The molecular weight excluding hydrogens is 340 g/mol. The van der Waals surface area contributed by atoms with Crippen LogP contribution in [0.2, 0.25) is 0 Å². The van der Waals surface area contributed by atoms with Gasteiger partial charge in [0.1, 0.15) is 10.7 Å². The van der Waals surface area contributed by atoms with E-state index >= 15 is 0 Å². The molecule has 126 valence electrons. The van der Waals surface area contributed by atoms with E-state index in [1.54, 1.807) is 11.3 Å². The van der Waals surface area contributed by atoms with Crippen LogP contribution < -0.4 is 5.32 Å². The number of fused-ring (bicyclic) bond motifs is 1. The lowest BCUT2D eigenvalue weighted by molar-refractivity contribution is 0.101. The molecule has 0 radical (unpaired) electrons. The number of aromatic nitrogens is 3. The van der Waals surface area contributed by atoms with Crippen LogP contribution in [0.1, 0.15) is 67.0 Å². The molecule has 7 heteroatoms. The van der Waals surface area contributed by atoms with E-state index in [0.29, 0.717) is 17.1 Å². The first-order chi connectivity index (χ1) is 11.6. The Hall–Kier alpha value is -1.73. The monoisotopic (exact) mass is 360 g/mol. The molecule has 1 aliphatic rings. The summed E-state index contributed by atoms with van der Waals surface area (Å²) in [5.41, 5.74) is 1.92. The average Bonchev–Trinajstić information content (AvgIpc) is 3.30. The van der Waals surface area contributed by atoms with Gasteiger partial charge in [0.05, 0.1) is 10.2 Å². The van der Waals surface area contributed by atoms with Gasteiger partial charge in [-0.25, -0.2) is 0 Å². The molecule has 3 heterocycles. The summed E-state index contributed by atoms with van der Waals surface area (Å²) in [6.07, 6.45) is 4.78. The highest BCUT2D eigenvalue weighted by atomic mass is 32.1. The van der Waals surface area contributed by atoms with Gasteiger partial charge in [0.25, 0.3) is 5.91 Å². The van der Waals surface area contributed by atoms with E-state index in [4.69, 9.17) is 0 Å². The molecule has 0 bridgehead atoms. The van der Waals surface area contributed by atoms with Gasteiger partial charge in [-0.2, -0.15) is 0 Å². The summed E-state index contributed by atoms with van der Waals surface area (Å²) >= 11 is 3.14. The summed E-state index contributed by atoms with van der Waals surface area (Å²) in [6.45, 7) is 4.15. The van der Waals surface area contributed by atoms with Gasteiger partial charge < -0.3 is 4.57 Å². The Bertz CT molecular complexity index is 870. The summed E-state index contributed by atoms with van der Waals surface area (Å²) in [5.74, 6) is 0.234. The zero-order valence-electron chi connectivity index (χ0n) is 13.8. The van der Waals surface area contributed by atoms with Crippen LogP contribution in [0.4, 0.5) is 5.13 Å². The van der Waals surface area contributed by atoms with Gasteiger partial charge in [-0.1, -0.05) is 38.0 Å². The SMILES string of the molecule is CC(C)c1nnc(NC(=O)c2cc3sccc3n2C2CCCC2)s1. The Morgan fingerprint density at radius 1 is 1.33 bits per heavy atom. The lowest BCUT2D eigenvalue weighted by Crippen LogP contribution is -2.19. The predicted octanol–water partition coefficient (Wildman–Crippen LogP) is 5.05. The van der Waals surface area contributed by atoms with Crippen LogP contribution in [0.5, 0.6) is 0 Å². The van der Waals surface area contributed by atoms with Gasteiger partial charge in [-0.15, -0.1) is 21.5 Å². The lowest BCUT2D eigenvalue weighted by Gasteiger charge is -2.16. The third kappa shape index (κ3) is 2.75. The summed E-state index contributed by atoms with van der Waals surface area (Å²) < 4.78 is 3.41. The predicted molar refractivity (Wildman–Crippen MR) is 99.3 cm³/mol. The largest absolute Gasteiger partial charge is 0.333 e. The highest BCUT2D eigenvalue weighted by molar-refractivity contribution is 7.17. The Balaban J connectivity index is 1.65. The van der Waals surface area contributed by atoms with Gasteiger partial charge >= 0.3 is 0 Å². The maximum absolute atomic E-state index is 12.8. The highest BCUT2D eigenvalue weighted by Crippen LogP contribution is 2.36. The van der Waals surface area contributed by atoms with Crippen molar-refractivity contribution in [3.8, 4) is 0 Å². The molecular formula is C17H20N4OS2. The molecule has 1 fully saturated rings. The van der Waals surface area contributed by atoms with E-state index in [9.17, 15) is 4.79 Å². The maximum Gasteiger partial charge on any atom is 0.274 e. The summed E-state index contributed by atoms with van der Waals surface area (Å²) in [5, 5.41) is 14.8. The van der Waals surface area contributed by atoms with Crippen molar-refractivity contribution in [2.45, 2.75) is 51.5 Å². The molecule has 5 nitrogen and oxygen atoms in total. The third-order valence-corrected chi connectivity index (χ3v) is 6.53. The summed E-state index contributed by atoms with van der Waals surface area (Å²) in [6, 6.07) is 4.56. The molecule has 1 N–H and O–H groups in total. The fourth-order valence-electron chi connectivity index (χ4n) is 3.36. The zero-order chi connectivity index (χ0) is 16.7. The van der Waals surface area contributed by atoms with Gasteiger partial charge in [-0.3, -0.25) is 10.1 Å². The van der Waals surface area contributed by atoms with Crippen LogP contribution in [0.3, 0.4) is 0 Å². The van der Waals surface area contributed by atoms with Gasteiger partial charge in [0.2, 0.25) is 5.13 Å². The van der Waals surface area contributed by atoms with Gasteiger partial charge in [-0.05, 0) is 30.4 Å². The highest BCUT2D eigenvalue weighted by Gasteiger charge is 2.25. The van der Waals surface area contributed by atoms with E-state index in [2.05, 4.69) is 45.4 Å². The molecule has 0 unspecified atom stereocenters. The number of nitrogens with zero attached hydrogens (tertiary/aromatic N) is 3. The molecule has 3 aromatic rings. The molecule has 24 heavy (non-hydrogen) atoms. The zero-order valence-corrected chi connectivity index (χ0v) is 15.4. The fourth-order valence-corrected chi connectivity index (χ4v) is 4.91. The Morgan fingerprint density at radius 3 is 2.83 bits per heavy atom. The molecule has 4 rings (SSSR count). The van der Waals surface area contributed by atoms with Crippen molar-refractivity contribution in [2.24, 2.45) is 0 Å². The second-order valence-corrected chi connectivity index (χ2v) is 8.52. The molecule has 0 aliphatic heterocycles. The number of rotatable bonds is 4. The topological polar surface area (TPSA) is 59.8 Å². The molecule has 0 atom stereocenters. The number of hydrogen-bond acceptors (Lipinski definition) is 5. The number of carbonyl (C=O) groups excluding carboxylic acids is 1. The molecule has 3 aromatic heterocycles. The van der Waals surface area contributed by atoms with Crippen LogP contribution in [0.15, 0.2) is 17.5 Å².